The molecule has 8 heteroatoms. The van der Waals surface area contributed by atoms with E-state index in [1.165, 1.54) is 4.91 Å². The fourth-order valence-electron chi connectivity index (χ4n) is 4.13. The molecular formula is C24H30IN3O3S. The summed E-state index contributed by atoms with van der Waals surface area (Å²) in [5, 5.41) is 3.61. The Morgan fingerprint density at radius 2 is 1.94 bits per heavy atom. The third-order valence-electron chi connectivity index (χ3n) is 5.97. The predicted octanol–water partition coefficient (Wildman–Crippen LogP) is 4.76. The number of piperidine rings is 1. The first-order valence-corrected chi connectivity index (χ1v) is 13.3. The van der Waals surface area contributed by atoms with Crippen molar-refractivity contribution in [3.63, 3.8) is 0 Å². The maximum atomic E-state index is 10.8. The van der Waals surface area contributed by atoms with Crippen LogP contribution in [0.5, 0.6) is 5.75 Å². The molecule has 2 saturated heterocycles. The number of carbonyl (C=O) groups excluding carboxylic acids is 1. The minimum absolute atomic E-state index is 0.192. The number of halogens is 1. The summed E-state index contributed by atoms with van der Waals surface area (Å²) in [6.07, 6.45) is 6.00. The van der Waals surface area contributed by atoms with Gasteiger partial charge in [0.15, 0.2) is 3.84 Å². The summed E-state index contributed by atoms with van der Waals surface area (Å²) in [6, 6.07) is 7.77. The number of aldehydes is 1. The maximum absolute atomic E-state index is 10.8. The molecule has 2 fully saturated rings. The normalized spacial score (nSPS) is 21.0. The predicted molar refractivity (Wildman–Crippen MR) is 139 cm³/mol. The Kier molecular flexibility index (Phi) is 8.54. The van der Waals surface area contributed by atoms with Crippen LogP contribution in [0, 0.1) is 0 Å². The monoisotopic (exact) mass is 567 g/mol. The van der Waals surface area contributed by atoms with Crippen molar-refractivity contribution in [1.82, 2.24) is 10.2 Å². The molecule has 32 heavy (non-hydrogen) atoms. The Hall–Kier alpha value is -1.52. The number of amidine groups is 1. The third kappa shape index (κ3) is 6.29. The lowest BCUT2D eigenvalue weighted by atomic mass is 10.1. The van der Waals surface area contributed by atoms with Gasteiger partial charge < -0.3 is 19.7 Å². The minimum Gasteiger partial charge on any atom is -0.490 e. The molecule has 0 bridgehead atoms. The molecule has 172 valence electrons. The number of hydrogen-bond donors (Lipinski definition) is 1. The van der Waals surface area contributed by atoms with Gasteiger partial charge in [-0.2, -0.15) is 0 Å². The van der Waals surface area contributed by atoms with Crippen molar-refractivity contribution in [1.29, 1.82) is 0 Å². The molecule has 0 aliphatic carbocycles. The van der Waals surface area contributed by atoms with E-state index in [9.17, 15) is 4.79 Å². The molecule has 0 unspecified atom stereocenters. The fourth-order valence-corrected chi connectivity index (χ4v) is 5.95. The highest BCUT2D eigenvalue weighted by atomic mass is 127. The molecule has 6 nitrogen and oxygen atoms in total. The van der Waals surface area contributed by atoms with E-state index in [1.54, 1.807) is 12.1 Å². The van der Waals surface area contributed by atoms with Crippen LogP contribution in [0.1, 0.15) is 42.5 Å². The molecule has 4 rings (SSSR count). The van der Waals surface area contributed by atoms with Crippen molar-refractivity contribution < 1.29 is 14.3 Å². The van der Waals surface area contributed by atoms with Gasteiger partial charge in [-0.15, -0.1) is 11.8 Å². The van der Waals surface area contributed by atoms with Crippen molar-refractivity contribution in [3.8, 4) is 5.75 Å². The lowest BCUT2D eigenvalue weighted by Gasteiger charge is -2.32. The maximum Gasteiger partial charge on any atom is 0.167 e. The number of allylic oxidation sites excluding steroid dienone is 1. The van der Waals surface area contributed by atoms with Crippen molar-refractivity contribution in [2.45, 2.75) is 44.2 Å². The fraction of sp³-hybridized carbons (Fsp3) is 0.500. The van der Waals surface area contributed by atoms with Crippen LogP contribution in [0.2, 0.25) is 0 Å². The minimum atomic E-state index is 0.192. The lowest BCUT2D eigenvalue weighted by molar-refractivity contribution is 0.0806. The van der Waals surface area contributed by atoms with Gasteiger partial charge >= 0.3 is 0 Å². The van der Waals surface area contributed by atoms with Gasteiger partial charge in [-0.05, 0) is 59.7 Å². The highest BCUT2D eigenvalue weighted by Crippen LogP contribution is 2.37. The van der Waals surface area contributed by atoms with E-state index in [-0.39, 0.29) is 6.10 Å². The van der Waals surface area contributed by atoms with Gasteiger partial charge in [0.05, 0.1) is 10.6 Å². The van der Waals surface area contributed by atoms with Crippen molar-refractivity contribution in [2.75, 3.05) is 32.1 Å². The van der Waals surface area contributed by atoms with Gasteiger partial charge in [0.2, 0.25) is 0 Å². The topological polar surface area (TPSA) is 63.2 Å². The molecule has 1 aromatic carbocycles. The summed E-state index contributed by atoms with van der Waals surface area (Å²) in [7, 11) is 0. The van der Waals surface area contributed by atoms with Crippen LogP contribution in [0.3, 0.4) is 0 Å². The summed E-state index contributed by atoms with van der Waals surface area (Å²) < 4.78 is 12.6. The van der Waals surface area contributed by atoms with E-state index < -0.39 is 0 Å². The Morgan fingerprint density at radius 1 is 1.22 bits per heavy atom. The number of benzene rings is 1. The van der Waals surface area contributed by atoms with Crippen LogP contribution in [-0.4, -0.2) is 59.2 Å². The van der Waals surface area contributed by atoms with Crippen LogP contribution in [0.25, 0.3) is 0 Å². The summed E-state index contributed by atoms with van der Waals surface area (Å²) in [5.41, 5.74) is 2.83. The van der Waals surface area contributed by atoms with Gasteiger partial charge in [0, 0.05) is 68.6 Å². The van der Waals surface area contributed by atoms with E-state index in [1.807, 2.05) is 23.9 Å². The van der Waals surface area contributed by atoms with E-state index in [0.29, 0.717) is 11.6 Å². The smallest absolute Gasteiger partial charge is 0.167 e. The summed E-state index contributed by atoms with van der Waals surface area (Å²) in [4.78, 5) is 19.4. The second-order valence-electron chi connectivity index (χ2n) is 8.26. The summed E-state index contributed by atoms with van der Waals surface area (Å²) in [6.45, 7) is 7.81. The number of nitrogens with zero attached hydrogens (tertiary/aromatic N) is 2. The molecule has 3 aliphatic heterocycles. The Balaban J connectivity index is 1.31. The quantitative estimate of drug-likeness (QED) is 0.169. The zero-order valence-electron chi connectivity index (χ0n) is 18.2. The SMILES string of the molecule is C=C(NC1CCOCC1)C1=C(/N=C(\I)N2CCC(Oc3ccc(C=O)cc3)CC2)CCS1. The van der Waals surface area contributed by atoms with Gasteiger partial charge in [-0.25, -0.2) is 4.99 Å². The van der Waals surface area contributed by atoms with Crippen LogP contribution in [-0.2, 0) is 4.74 Å². The van der Waals surface area contributed by atoms with Gasteiger partial charge in [-0.3, -0.25) is 4.79 Å². The Morgan fingerprint density at radius 3 is 2.62 bits per heavy atom. The summed E-state index contributed by atoms with van der Waals surface area (Å²) in [5.74, 6) is 1.89. The molecule has 0 atom stereocenters. The van der Waals surface area contributed by atoms with E-state index in [0.717, 1.165) is 91.4 Å². The molecule has 1 N–H and O–H groups in total. The highest BCUT2D eigenvalue weighted by Gasteiger charge is 2.25. The zero-order valence-corrected chi connectivity index (χ0v) is 21.2. The van der Waals surface area contributed by atoms with Crippen molar-refractivity contribution in [2.24, 2.45) is 4.99 Å². The zero-order chi connectivity index (χ0) is 22.3. The molecule has 0 aromatic heterocycles. The first-order chi connectivity index (χ1) is 15.6. The molecule has 3 aliphatic rings. The molecule has 0 saturated carbocycles. The average Bonchev–Trinajstić information content (AvgIpc) is 3.29. The van der Waals surface area contributed by atoms with Crippen molar-refractivity contribution in [3.05, 3.63) is 52.7 Å². The van der Waals surface area contributed by atoms with E-state index in [2.05, 4.69) is 39.4 Å². The largest absolute Gasteiger partial charge is 0.490 e. The average molecular weight is 567 g/mol. The number of rotatable bonds is 7. The van der Waals surface area contributed by atoms with Crippen LogP contribution in [0.15, 0.2) is 52.1 Å². The number of hydrogen-bond acceptors (Lipinski definition) is 6. The Labute approximate surface area is 208 Å². The second kappa shape index (κ2) is 11.6. The first-order valence-electron chi connectivity index (χ1n) is 11.2. The molecule has 0 spiro atoms. The number of aliphatic imine (C=N–C) groups is 1. The number of nitrogens with one attached hydrogen (secondary N) is 1. The number of ether oxygens (including phenoxy) is 2. The van der Waals surface area contributed by atoms with E-state index >= 15 is 0 Å². The third-order valence-corrected chi connectivity index (χ3v) is 8.07. The van der Waals surface area contributed by atoms with Gasteiger partial charge in [0.1, 0.15) is 18.1 Å². The number of likely N-dealkylation sites (tertiary alicyclic amines) is 1. The number of carbonyl (C=O) groups is 1. The standard InChI is InChI=1S/C24H30IN3O3S/c1-17(26-19-8-13-30-14-9-19)23-22(10-15-32-23)27-24(25)28-11-6-21(7-12-28)31-20-4-2-18(16-29)3-5-20/h2-5,16,19,21,26H,1,6-15H2/b27-24+. The van der Waals surface area contributed by atoms with Crippen LogP contribution in [0.4, 0.5) is 0 Å². The lowest BCUT2D eigenvalue weighted by Crippen LogP contribution is -2.40. The first kappa shape index (κ1) is 23.6. The summed E-state index contributed by atoms with van der Waals surface area (Å²) >= 11 is 4.23. The molecule has 3 heterocycles. The van der Waals surface area contributed by atoms with Gasteiger partial charge in [0.25, 0.3) is 0 Å². The van der Waals surface area contributed by atoms with Crippen LogP contribution >= 0.6 is 34.4 Å². The van der Waals surface area contributed by atoms with Crippen molar-refractivity contribution >= 4 is 44.5 Å². The highest BCUT2D eigenvalue weighted by molar-refractivity contribution is 14.1. The molecule has 1 aromatic rings. The van der Waals surface area contributed by atoms with Gasteiger partial charge in [-0.1, -0.05) is 6.58 Å². The Bertz CT molecular complexity index is 873. The molecule has 0 amide bonds. The molecule has 0 radical (unpaired) electrons. The number of thioether (sulfide) groups is 1. The second-order valence-corrected chi connectivity index (χ2v) is 10.3. The van der Waals surface area contributed by atoms with Crippen LogP contribution < -0.4 is 10.1 Å². The molecular weight excluding hydrogens is 537 g/mol. The van der Waals surface area contributed by atoms with E-state index in [4.69, 9.17) is 14.5 Å².